The van der Waals surface area contributed by atoms with E-state index in [4.69, 9.17) is 4.98 Å². The molecular weight excluding hydrogens is 506 g/mol. The third-order valence-corrected chi connectivity index (χ3v) is 8.56. The molecule has 1 N–H and O–H groups in total. The molecule has 3 aliphatic heterocycles. The number of imide groups is 2. The Morgan fingerprint density at radius 1 is 0.975 bits per heavy atom. The lowest BCUT2D eigenvalue weighted by atomic mass is 9.65. The first-order valence-corrected chi connectivity index (χ1v) is 13.5. The Morgan fingerprint density at radius 3 is 2.58 bits per heavy atom. The van der Waals surface area contributed by atoms with Crippen LogP contribution in [0.15, 0.2) is 77.7 Å². The minimum Gasteiger partial charge on any atom is -0.347 e. The summed E-state index contributed by atoms with van der Waals surface area (Å²) in [7, 11) is 0. The summed E-state index contributed by atoms with van der Waals surface area (Å²) in [5.74, 6) is -0.759. The van der Waals surface area contributed by atoms with Gasteiger partial charge in [-0.05, 0) is 48.1 Å². The van der Waals surface area contributed by atoms with Gasteiger partial charge in [0.25, 0.3) is 5.56 Å². The Morgan fingerprint density at radius 2 is 1.75 bits per heavy atom. The fourth-order valence-corrected chi connectivity index (χ4v) is 6.61. The summed E-state index contributed by atoms with van der Waals surface area (Å²) < 4.78 is 1.48. The zero-order valence-corrected chi connectivity index (χ0v) is 22.0. The van der Waals surface area contributed by atoms with E-state index in [1.54, 1.807) is 12.3 Å². The number of amides is 4. The van der Waals surface area contributed by atoms with Gasteiger partial charge in [-0.3, -0.25) is 29.0 Å². The number of aryl methyl sites for hydroxylation is 1. The second-order valence-corrected chi connectivity index (χ2v) is 10.7. The van der Waals surface area contributed by atoms with Crippen LogP contribution in [0.25, 0.3) is 5.65 Å². The van der Waals surface area contributed by atoms with E-state index in [1.807, 2.05) is 72.5 Å². The maximum Gasteiger partial charge on any atom is 0.330 e. The fourth-order valence-electron chi connectivity index (χ4n) is 6.61. The monoisotopic (exact) mass is 533 g/mol. The highest BCUT2D eigenvalue weighted by atomic mass is 16.2. The van der Waals surface area contributed by atoms with Crippen molar-refractivity contribution in [3.05, 3.63) is 111 Å². The number of nitrogens with zero attached hydrogens (tertiary/aromatic N) is 4. The number of hydrogen-bond donors (Lipinski definition) is 1. The topological polar surface area (TPSA) is 104 Å². The third kappa shape index (κ3) is 3.36. The fraction of sp³-hybridized carbons (Fsp3) is 0.258. The molecule has 0 aliphatic carbocycles. The van der Waals surface area contributed by atoms with Crippen molar-refractivity contribution in [3.63, 3.8) is 0 Å². The number of urea groups is 1. The van der Waals surface area contributed by atoms with E-state index in [1.165, 1.54) is 4.40 Å². The minimum absolute atomic E-state index is 0.110. The van der Waals surface area contributed by atoms with Gasteiger partial charge in [0.15, 0.2) is 5.41 Å². The van der Waals surface area contributed by atoms with Gasteiger partial charge >= 0.3 is 6.03 Å². The van der Waals surface area contributed by atoms with Gasteiger partial charge in [-0.25, -0.2) is 9.78 Å². The number of barbiturate groups is 1. The lowest BCUT2D eigenvalue weighted by molar-refractivity contribution is -0.154. The highest BCUT2D eigenvalue weighted by Gasteiger charge is 2.64. The summed E-state index contributed by atoms with van der Waals surface area (Å²) in [4.78, 5) is 63.5. The van der Waals surface area contributed by atoms with E-state index in [2.05, 4.69) is 5.32 Å². The number of anilines is 1. The highest BCUT2D eigenvalue weighted by molar-refractivity contribution is 6.20. The molecule has 9 heteroatoms. The standard InChI is InChI=1S/C31H27N5O4/c1-19-8-7-15-35-25(19)32-26-23(27(35)37)18-31(24-22-12-6-5-11-21(22)14-17-34(24)26)28(38)33-30(40)36(29(31)39)16-13-20-9-3-2-4-10-20/h2-12,15,24H,13-14,16-18H2,1H3,(H,33,38,40). The van der Waals surface area contributed by atoms with Crippen molar-refractivity contribution in [2.45, 2.75) is 32.2 Å². The molecule has 0 saturated carbocycles. The number of fused-ring (bicyclic) bond motifs is 7. The molecule has 4 aromatic rings. The molecule has 2 unspecified atom stereocenters. The largest absolute Gasteiger partial charge is 0.347 e. The number of nitrogens with one attached hydrogen (secondary N) is 1. The number of aromatic nitrogens is 2. The first kappa shape index (κ1) is 24.3. The Hall–Kier alpha value is -4.79. The summed E-state index contributed by atoms with van der Waals surface area (Å²) >= 11 is 0. The molecular formula is C31H27N5O4. The molecule has 9 nitrogen and oxygen atoms in total. The van der Waals surface area contributed by atoms with E-state index in [-0.39, 0.29) is 18.5 Å². The molecule has 4 amide bonds. The van der Waals surface area contributed by atoms with Crippen molar-refractivity contribution in [2.75, 3.05) is 18.0 Å². The summed E-state index contributed by atoms with van der Waals surface area (Å²) in [6.45, 7) is 2.48. The average molecular weight is 534 g/mol. The van der Waals surface area contributed by atoms with Crippen LogP contribution in [0, 0.1) is 12.3 Å². The maximum atomic E-state index is 14.5. The molecule has 5 heterocycles. The van der Waals surface area contributed by atoms with E-state index in [0.717, 1.165) is 27.2 Å². The van der Waals surface area contributed by atoms with E-state index < -0.39 is 29.3 Å². The van der Waals surface area contributed by atoms with Crippen molar-refractivity contribution in [2.24, 2.45) is 5.41 Å². The van der Waals surface area contributed by atoms with Gasteiger partial charge in [0.1, 0.15) is 11.5 Å². The summed E-state index contributed by atoms with van der Waals surface area (Å²) in [6, 6.07) is 19.6. The van der Waals surface area contributed by atoms with Gasteiger partial charge in [-0.1, -0.05) is 60.7 Å². The summed E-state index contributed by atoms with van der Waals surface area (Å²) in [5, 5.41) is 2.49. The molecule has 1 fully saturated rings. The minimum atomic E-state index is -1.72. The van der Waals surface area contributed by atoms with Crippen molar-refractivity contribution in [3.8, 4) is 0 Å². The number of pyridine rings is 1. The Bertz CT molecular complexity index is 1780. The molecule has 0 bridgehead atoms. The quantitative estimate of drug-likeness (QED) is 0.406. The van der Waals surface area contributed by atoms with Crippen LogP contribution in [0.2, 0.25) is 0 Å². The van der Waals surface area contributed by atoms with Gasteiger partial charge in [-0.15, -0.1) is 0 Å². The molecule has 2 aromatic heterocycles. The highest BCUT2D eigenvalue weighted by Crippen LogP contribution is 2.52. The smallest absolute Gasteiger partial charge is 0.330 e. The van der Waals surface area contributed by atoms with Crippen molar-refractivity contribution >= 4 is 29.3 Å². The summed E-state index contributed by atoms with van der Waals surface area (Å²) in [6.07, 6.45) is 2.62. The lowest BCUT2D eigenvalue weighted by Gasteiger charge is -2.53. The van der Waals surface area contributed by atoms with Crippen molar-refractivity contribution < 1.29 is 14.4 Å². The third-order valence-electron chi connectivity index (χ3n) is 8.56. The average Bonchev–Trinajstić information content (AvgIpc) is 2.97. The molecule has 200 valence electrons. The van der Waals surface area contributed by atoms with Crippen molar-refractivity contribution in [1.82, 2.24) is 19.6 Å². The van der Waals surface area contributed by atoms with Crippen LogP contribution in [0.4, 0.5) is 10.6 Å². The van der Waals surface area contributed by atoms with Gasteiger partial charge in [-0.2, -0.15) is 0 Å². The molecule has 3 aliphatic rings. The van der Waals surface area contributed by atoms with Gasteiger partial charge in [0.05, 0.1) is 11.6 Å². The molecule has 0 radical (unpaired) electrons. The number of rotatable bonds is 3. The molecule has 2 aromatic carbocycles. The van der Waals surface area contributed by atoms with Gasteiger partial charge in [0.2, 0.25) is 11.8 Å². The normalized spacial score (nSPS) is 21.7. The number of benzene rings is 2. The van der Waals surface area contributed by atoms with Gasteiger partial charge < -0.3 is 4.90 Å². The molecule has 1 spiro atoms. The lowest BCUT2D eigenvalue weighted by Crippen LogP contribution is -2.70. The van der Waals surface area contributed by atoms with Crippen LogP contribution in [0.3, 0.4) is 0 Å². The second-order valence-electron chi connectivity index (χ2n) is 10.7. The Balaban J connectivity index is 1.43. The Labute approximate surface area is 230 Å². The zero-order chi connectivity index (χ0) is 27.6. The van der Waals surface area contributed by atoms with Crippen molar-refractivity contribution in [1.29, 1.82) is 0 Å². The second kappa shape index (κ2) is 8.87. The summed E-state index contributed by atoms with van der Waals surface area (Å²) in [5.41, 5.74) is 2.51. The predicted octanol–water partition coefficient (Wildman–Crippen LogP) is 2.97. The maximum absolute atomic E-state index is 14.5. The number of carbonyl (C=O) groups excluding carboxylic acids is 3. The van der Waals surface area contributed by atoms with Crippen LogP contribution in [-0.2, 0) is 28.9 Å². The van der Waals surface area contributed by atoms with Gasteiger partial charge in [0, 0.05) is 25.7 Å². The SMILES string of the molecule is Cc1cccn2c(=O)c3c(nc12)N1CCc2ccccc2C1C1(C3)C(=O)NC(=O)N(CCc2ccccc2)C1=O. The van der Waals surface area contributed by atoms with E-state index in [0.29, 0.717) is 36.4 Å². The molecule has 2 atom stereocenters. The number of hydrogen-bond acceptors (Lipinski definition) is 6. The van der Waals surface area contributed by atoms with Crippen LogP contribution in [0.1, 0.15) is 33.9 Å². The first-order valence-electron chi connectivity index (χ1n) is 13.5. The van der Waals surface area contributed by atoms with Crippen LogP contribution < -0.4 is 15.8 Å². The van der Waals surface area contributed by atoms with E-state index in [9.17, 15) is 19.2 Å². The zero-order valence-electron chi connectivity index (χ0n) is 22.0. The Kier molecular flexibility index (Phi) is 5.38. The first-order chi connectivity index (χ1) is 19.4. The molecule has 7 rings (SSSR count). The predicted molar refractivity (Wildman–Crippen MR) is 148 cm³/mol. The van der Waals surface area contributed by atoms with E-state index >= 15 is 0 Å². The van der Waals surface area contributed by atoms with Crippen LogP contribution in [0.5, 0.6) is 0 Å². The van der Waals surface area contributed by atoms with Crippen LogP contribution >= 0.6 is 0 Å². The molecule has 1 saturated heterocycles. The number of carbonyl (C=O) groups is 3. The van der Waals surface area contributed by atoms with Crippen LogP contribution in [-0.4, -0.2) is 45.2 Å². The molecule has 40 heavy (non-hydrogen) atoms.